The van der Waals surface area contributed by atoms with Crippen molar-refractivity contribution >= 4 is 5.84 Å². The molecule has 0 radical (unpaired) electrons. The Hall–Kier alpha value is -1.75. The quantitative estimate of drug-likeness (QED) is 0.247. The minimum atomic E-state index is 0.0985. The molecule has 1 saturated carbocycles. The standard InChI is InChI=1S/C16H25N3O2/c1-15(2)14(16(15,3)4)18-9-10-21-12-7-5-11(6-8-12)13(17)19-20/h5-8,14,18,20H,9-10H2,1-4H3,(H2,17,19). The zero-order chi connectivity index (χ0) is 15.7. The van der Waals surface area contributed by atoms with Gasteiger partial charge in [-0.2, -0.15) is 0 Å². The topological polar surface area (TPSA) is 79.9 Å². The van der Waals surface area contributed by atoms with E-state index in [1.54, 1.807) is 12.1 Å². The van der Waals surface area contributed by atoms with Crippen LogP contribution < -0.4 is 15.8 Å². The van der Waals surface area contributed by atoms with Crippen molar-refractivity contribution in [2.75, 3.05) is 13.2 Å². The molecule has 4 N–H and O–H groups in total. The molecular formula is C16H25N3O2. The van der Waals surface area contributed by atoms with Crippen LogP contribution in [0.25, 0.3) is 0 Å². The number of benzene rings is 1. The first-order chi connectivity index (χ1) is 9.80. The van der Waals surface area contributed by atoms with Gasteiger partial charge in [0.05, 0.1) is 0 Å². The van der Waals surface area contributed by atoms with Crippen LogP contribution in [0.5, 0.6) is 5.75 Å². The summed E-state index contributed by atoms with van der Waals surface area (Å²) in [7, 11) is 0. The van der Waals surface area contributed by atoms with Crippen molar-refractivity contribution in [3.63, 3.8) is 0 Å². The van der Waals surface area contributed by atoms with Gasteiger partial charge in [-0.05, 0) is 35.1 Å². The van der Waals surface area contributed by atoms with Crippen LogP contribution in [0.4, 0.5) is 0 Å². The molecule has 0 bridgehead atoms. The smallest absolute Gasteiger partial charge is 0.170 e. The highest BCUT2D eigenvalue weighted by atomic mass is 16.5. The number of nitrogens with one attached hydrogen (secondary N) is 1. The van der Waals surface area contributed by atoms with Gasteiger partial charge >= 0.3 is 0 Å². The van der Waals surface area contributed by atoms with E-state index in [0.29, 0.717) is 29.0 Å². The fourth-order valence-corrected chi connectivity index (χ4v) is 2.86. The van der Waals surface area contributed by atoms with Crippen molar-refractivity contribution in [3.8, 4) is 5.75 Å². The molecule has 0 amide bonds. The van der Waals surface area contributed by atoms with Crippen LogP contribution in [-0.4, -0.2) is 30.2 Å². The third-order valence-electron chi connectivity index (χ3n) is 5.00. The first kappa shape index (κ1) is 15.6. The maximum absolute atomic E-state index is 8.60. The summed E-state index contributed by atoms with van der Waals surface area (Å²) < 4.78 is 5.68. The molecule has 0 heterocycles. The molecule has 0 aliphatic heterocycles. The molecule has 2 rings (SSSR count). The average Bonchev–Trinajstić information content (AvgIpc) is 2.85. The van der Waals surface area contributed by atoms with Crippen LogP contribution in [0.3, 0.4) is 0 Å². The second-order valence-corrected chi connectivity index (χ2v) is 6.69. The molecule has 5 heteroatoms. The Morgan fingerprint density at radius 3 is 2.29 bits per heavy atom. The molecule has 1 aromatic rings. The number of amidine groups is 1. The van der Waals surface area contributed by atoms with E-state index in [4.69, 9.17) is 15.7 Å². The molecule has 116 valence electrons. The summed E-state index contributed by atoms with van der Waals surface area (Å²) in [6, 6.07) is 7.71. The summed E-state index contributed by atoms with van der Waals surface area (Å²) in [5, 5.41) is 15.1. The highest BCUT2D eigenvalue weighted by molar-refractivity contribution is 5.97. The lowest BCUT2D eigenvalue weighted by Gasteiger charge is -2.09. The van der Waals surface area contributed by atoms with Crippen molar-refractivity contribution in [1.82, 2.24) is 5.32 Å². The zero-order valence-electron chi connectivity index (χ0n) is 13.2. The largest absolute Gasteiger partial charge is 0.492 e. The molecule has 1 aliphatic carbocycles. The Balaban J connectivity index is 1.75. The molecule has 1 aromatic carbocycles. The normalized spacial score (nSPS) is 20.3. The summed E-state index contributed by atoms with van der Waals surface area (Å²) >= 11 is 0. The third-order valence-corrected chi connectivity index (χ3v) is 5.00. The number of rotatable bonds is 6. The van der Waals surface area contributed by atoms with Crippen molar-refractivity contribution in [3.05, 3.63) is 29.8 Å². The molecule has 21 heavy (non-hydrogen) atoms. The summed E-state index contributed by atoms with van der Waals surface area (Å²) in [5.41, 5.74) is 6.86. The van der Waals surface area contributed by atoms with E-state index in [-0.39, 0.29) is 5.84 Å². The second-order valence-electron chi connectivity index (χ2n) is 6.69. The predicted molar refractivity (Wildman–Crippen MR) is 83.8 cm³/mol. The Morgan fingerprint density at radius 1 is 1.24 bits per heavy atom. The van der Waals surface area contributed by atoms with E-state index < -0.39 is 0 Å². The summed E-state index contributed by atoms with van der Waals surface area (Å²) in [4.78, 5) is 0. The van der Waals surface area contributed by atoms with Gasteiger partial charge in [0, 0.05) is 18.2 Å². The van der Waals surface area contributed by atoms with Crippen LogP contribution in [0.1, 0.15) is 33.3 Å². The van der Waals surface area contributed by atoms with Gasteiger partial charge in [0.25, 0.3) is 0 Å². The number of oxime groups is 1. The number of ether oxygens (including phenoxy) is 1. The highest BCUT2D eigenvalue weighted by Crippen LogP contribution is 2.62. The van der Waals surface area contributed by atoms with Crippen LogP contribution in [0, 0.1) is 10.8 Å². The average molecular weight is 291 g/mol. The minimum absolute atomic E-state index is 0.0985. The molecule has 0 aromatic heterocycles. The van der Waals surface area contributed by atoms with Crippen LogP contribution in [0.15, 0.2) is 29.4 Å². The SMILES string of the molecule is CC1(C)C(NCCOc2ccc(C(N)=NO)cc2)C1(C)C. The number of hydrogen-bond acceptors (Lipinski definition) is 4. The van der Waals surface area contributed by atoms with Crippen molar-refractivity contribution in [1.29, 1.82) is 0 Å². The van der Waals surface area contributed by atoms with E-state index in [0.717, 1.165) is 12.3 Å². The molecule has 5 nitrogen and oxygen atoms in total. The fraction of sp³-hybridized carbons (Fsp3) is 0.562. The zero-order valence-corrected chi connectivity index (χ0v) is 13.2. The van der Waals surface area contributed by atoms with Gasteiger partial charge < -0.3 is 21.0 Å². The first-order valence-electron chi connectivity index (χ1n) is 7.25. The maximum atomic E-state index is 8.60. The fourth-order valence-electron chi connectivity index (χ4n) is 2.86. The van der Waals surface area contributed by atoms with Crippen LogP contribution in [-0.2, 0) is 0 Å². The molecule has 0 atom stereocenters. The van der Waals surface area contributed by atoms with Crippen LogP contribution >= 0.6 is 0 Å². The van der Waals surface area contributed by atoms with Gasteiger partial charge in [-0.25, -0.2) is 0 Å². The van der Waals surface area contributed by atoms with Crippen molar-refractivity contribution < 1.29 is 9.94 Å². The molecule has 0 unspecified atom stereocenters. The van der Waals surface area contributed by atoms with Gasteiger partial charge in [0.15, 0.2) is 5.84 Å². The summed E-state index contributed by atoms with van der Waals surface area (Å²) in [5.74, 6) is 0.877. The Morgan fingerprint density at radius 2 is 1.81 bits per heavy atom. The predicted octanol–water partition coefficient (Wildman–Crippen LogP) is 2.18. The van der Waals surface area contributed by atoms with E-state index in [9.17, 15) is 0 Å². The molecular weight excluding hydrogens is 266 g/mol. The molecule has 1 fully saturated rings. The lowest BCUT2D eigenvalue weighted by Crippen LogP contribution is -2.27. The minimum Gasteiger partial charge on any atom is -0.492 e. The van der Waals surface area contributed by atoms with Gasteiger partial charge in [0.2, 0.25) is 0 Å². The second kappa shape index (κ2) is 5.56. The van der Waals surface area contributed by atoms with E-state index >= 15 is 0 Å². The summed E-state index contributed by atoms with van der Waals surface area (Å²) in [6.07, 6.45) is 0. The monoisotopic (exact) mass is 291 g/mol. The third kappa shape index (κ3) is 2.97. The van der Waals surface area contributed by atoms with Gasteiger partial charge in [0.1, 0.15) is 12.4 Å². The van der Waals surface area contributed by atoms with Crippen molar-refractivity contribution in [2.24, 2.45) is 21.7 Å². The van der Waals surface area contributed by atoms with Gasteiger partial charge in [-0.3, -0.25) is 0 Å². The highest BCUT2D eigenvalue weighted by Gasteiger charge is 2.64. The maximum Gasteiger partial charge on any atom is 0.170 e. The number of hydrogen-bond donors (Lipinski definition) is 3. The van der Waals surface area contributed by atoms with Gasteiger partial charge in [-0.1, -0.05) is 32.9 Å². The molecule has 1 aliphatic rings. The van der Waals surface area contributed by atoms with Crippen molar-refractivity contribution in [2.45, 2.75) is 33.7 Å². The van der Waals surface area contributed by atoms with Gasteiger partial charge in [-0.15, -0.1) is 0 Å². The Kier molecular flexibility index (Phi) is 4.14. The lowest BCUT2D eigenvalue weighted by molar-refractivity contribution is 0.309. The first-order valence-corrected chi connectivity index (χ1v) is 7.25. The van der Waals surface area contributed by atoms with Crippen LogP contribution in [0.2, 0.25) is 0 Å². The number of nitrogens with two attached hydrogens (primary N) is 1. The number of nitrogens with zero attached hydrogens (tertiary/aromatic N) is 1. The van der Waals surface area contributed by atoms with E-state index in [2.05, 4.69) is 38.2 Å². The summed E-state index contributed by atoms with van der Waals surface area (Å²) in [6.45, 7) is 10.6. The Labute approximate surface area is 126 Å². The van der Waals surface area contributed by atoms with E-state index in [1.807, 2.05) is 12.1 Å². The molecule has 0 saturated heterocycles. The lowest BCUT2D eigenvalue weighted by atomic mass is 10.0. The van der Waals surface area contributed by atoms with E-state index in [1.165, 1.54) is 0 Å². The molecule has 0 spiro atoms. The Bertz CT molecular complexity index is 507.